The second-order valence-corrected chi connectivity index (χ2v) is 10.3. The normalized spacial score (nSPS) is 27.6. The van der Waals surface area contributed by atoms with Crippen molar-refractivity contribution in [3.8, 4) is 0 Å². The highest BCUT2D eigenvalue weighted by molar-refractivity contribution is 6.09. The van der Waals surface area contributed by atoms with E-state index in [0.717, 1.165) is 11.3 Å². The first kappa shape index (κ1) is 22.3. The van der Waals surface area contributed by atoms with Crippen molar-refractivity contribution in [2.24, 2.45) is 11.3 Å². The molecule has 2 heterocycles. The number of imide groups is 1. The van der Waals surface area contributed by atoms with E-state index in [2.05, 4.69) is 26.1 Å². The molecule has 1 N–H and O–H groups in total. The third-order valence-corrected chi connectivity index (χ3v) is 6.86. The maximum absolute atomic E-state index is 13.3. The molecule has 172 valence electrons. The van der Waals surface area contributed by atoms with Crippen molar-refractivity contribution in [2.75, 3.05) is 32.7 Å². The summed E-state index contributed by atoms with van der Waals surface area (Å²) in [5, 5.41) is 2.92. The first-order chi connectivity index (χ1) is 15.1. The molecule has 1 aromatic carbocycles. The highest BCUT2D eigenvalue weighted by Gasteiger charge is 2.56. The highest BCUT2D eigenvalue weighted by atomic mass is 16.2. The predicted molar refractivity (Wildman–Crippen MR) is 119 cm³/mol. The van der Waals surface area contributed by atoms with Crippen molar-refractivity contribution in [1.82, 2.24) is 20.0 Å². The molecule has 0 aromatic heterocycles. The summed E-state index contributed by atoms with van der Waals surface area (Å²) in [7, 11) is 0. The van der Waals surface area contributed by atoms with Gasteiger partial charge >= 0.3 is 6.03 Å². The van der Waals surface area contributed by atoms with E-state index in [1.54, 1.807) is 21.9 Å². The van der Waals surface area contributed by atoms with Crippen LogP contribution in [-0.4, -0.2) is 76.7 Å². The number of amides is 5. The average molecular weight is 441 g/mol. The van der Waals surface area contributed by atoms with Crippen LogP contribution >= 0.6 is 0 Å². The standard InChI is InChI=1S/C24H32N4O4/c1-17-13-23(2,3)16-24(14-17)21(31)28(22(32)25-24)15-19(29)26-9-11-27(12-10-26)20(30)18-7-5-4-6-8-18/h4-8,17H,9-16H2,1-3H3,(H,25,32)/t17-,24-/m1/s1. The number of hydrogen-bond donors (Lipinski definition) is 1. The minimum Gasteiger partial charge on any atom is -0.338 e. The van der Waals surface area contributed by atoms with Gasteiger partial charge in [-0.2, -0.15) is 0 Å². The fourth-order valence-electron chi connectivity index (χ4n) is 5.81. The molecule has 3 fully saturated rings. The second kappa shape index (κ2) is 8.22. The summed E-state index contributed by atoms with van der Waals surface area (Å²) in [5.41, 5.74) is -0.330. The van der Waals surface area contributed by atoms with Crippen LogP contribution in [0.5, 0.6) is 0 Å². The Morgan fingerprint density at radius 3 is 2.25 bits per heavy atom. The molecule has 1 spiro atoms. The van der Waals surface area contributed by atoms with Gasteiger partial charge in [-0.3, -0.25) is 19.3 Å². The lowest BCUT2D eigenvalue weighted by atomic mass is 9.64. The van der Waals surface area contributed by atoms with E-state index < -0.39 is 11.6 Å². The predicted octanol–water partition coefficient (Wildman–Crippen LogP) is 2.11. The van der Waals surface area contributed by atoms with Crippen molar-refractivity contribution >= 4 is 23.8 Å². The molecule has 0 bridgehead atoms. The third-order valence-electron chi connectivity index (χ3n) is 6.86. The lowest BCUT2D eigenvalue weighted by Gasteiger charge is -2.43. The zero-order valence-corrected chi connectivity index (χ0v) is 19.1. The Morgan fingerprint density at radius 1 is 1.00 bits per heavy atom. The summed E-state index contributed by atoms with van der Waals surface area (Å²) in [6.07, 6.45) is 2.19. The van der Waals surface area contributed by atoms with Crippen molar-refractivity contribution < 1.29 is 19.2 Å². The largest absolute Gasteiger partial charge is 0.338 e. The summed E-state index contributed by atoms with van der Waals surface area (Å²) in [4.78, 5) is 55.9. The average Bonchev–Trinajstić information content (AvgIpc) is 2.95. The van der Waals surface area contributed by atoms with Gasteiger partial charge in [0, 0.05) is 31.7 Å². The molecule has 2 aliphatic heterocycles. The van der Waals surface area contributed by atoms with Crippen LogP contribution in [0.3, 0.4) is 0 Å². The number of rotatable bonds is 3. The van der Waals surface area contributed by atoms with Crippen molar-refractivity contribution in [1.29, 1.82) is 0 Å². The summed E-state index contributed by atoms with van der Waals surface area (Å²) in [6.45, 7) is 7.71. The van der Waals surface area contributed by atoms with Crippen LogP contribution < -0.4 is 5.32 Å². The quantitative estimate of drug-likeness (QED) is 0.729. The number of benzene rings is 1. The van der Waals surface area contributed by atoms with Crippen LogP contribution in [0.15, 0.2) is 30.3 Å². The van der Waals surface area contributed by atoms with Crippen LogP contribution in [0.2, 0.25) is 0 Å². The number of urea groups is 1. The van der Waals surface area contributed by atoms with E-state index >= 15 is 0 Å². The monoisotopic (exact) mass is 440 g/mol. The van der Waals surface area contributed by atoms with Gasteiger partial charge in [0.15, 0.2) is 0 Å². The van der Waals surface area contributed by atoms with Crippen LogP contribution in [0.25, 0.3) is 0 Å². The number of piperazine rings is 1. The van der Waals surface area contributed by atoms with Crippen LogP contribution in [0, 0.1) is 11.3 Å². The van der Waals surface area contributed by atoms with Crippen LogP contribution in [0.4, 0.5) is 4.79 Å². The molecule has 8 heteroatoms. The molecule has 1 aromatic rings. The fourth-order valence-corrected chi connectivity index (χ4v) is 5.81. The number of hydrogen-bond acceptors (Lipinski definition) is 4. The van der Waals surface area contributed by atoms with Crippen LogP contribution in [0.1, 0.15) is 50.4 Å². The van der Waals surface area contributed by atoms with Gasteiger partial charge in [0.2, 0.25) is 5.91 Å². The second-order valence-electron chi connectivity index (χ2n) is 10.3. The fraction of sp³-hybridized carbons (Fsp3) is 0.583. The summed E-state index contributed by atoms with van der Waals surface area (Å²) >= 11 is 0. The maximum atomic E-state index is 13.3. The number of nitrogens with zero attached hydrogens (tertiary/aromatic N) is 3. The van der Waals surface area contributed by atoms with Gasteiger partial charge < -0.3 is 15.1 Å². The van der Waals surface area contributed by atoms with E-state index in [-0.39, 0.29) is 29.7 Å². The van der Waals surface area contributed by atoms with Crippen LogP contribution in [-0.2, 0) is 9.59 Å². The zero-order chi connectivity index (χ0) is 23.1. The Kier molecular flexibility index (Phi) is 5.73. The Balaban J connectivity index is 1.36. The molecule has 3 aliphatic rings. The lowest BCUT2D eigenvalue weighted by Crippen LogP contribution is -2.55. The number of carbonyl (C=O) groups is 4. The van der Waals surface area contributed by atoms with Gasteiger partial charge in [-0.1, -0.05) is 39.0 Å². The molecule has 0 radical (unpaired) electrons. The molecule has 2 atom stereocenters. The van der Waals surface area contributed by atoms with Gasteiger partial charge in [0.1, 0.15) is 12.1 Å². The highest BCUT2D eigenvalue weighted by Crippen LogP contribution is 2.46. The Bertz CT molecular complexity index is 923. The van der Waals surface area contributed by atoms with E-state index in [0.29, 0.717) is 50.5 Å². The molecule has 0 unspecified atom stereocenters. The van der Waals surface area contributed by atoms with Gasteiger partial charge in [-0.25, -0.2) is 4.79 Å². The van der Waals surface area contributed by atoms with Crippen molar-refractivity contribution in [2.45, 2.75) is 45.6 Å². The molecule has 8 nitrogen and oxygen atoms in total. The van der Waals surface area contributed by atoms with Gasteiger partial charge in [0.25, 0.3) is 11.8 Å². The van der Waals surface area contributed by atoms with E-state index in [9.17, 15) is 19.2 Å². The molecule has 1 saturated carbocycles. The topological polar surface area (TPSA) is 90.0 Å². The Morgan fingerprint density at radius 2 is 1.62 bits per heavy atom. The number of nitrogens with one attached hydrogen (secondary N) is 1. The van der Waals surface area contributed by atoms with E-state index in [1.165, 1.54) is 0 Å². The van der Waals surface area contributed by atoms with Gasteiger partial charge in [0.05, 0.1) is 0 Å². The van der Waals surface area contributed by atoms with Gasteiger partial charge in [-0.05, 0) is 42.7 Å². The lowest BCUT2D eigenvalue weighted by molar-refractivity contribution is -0.141. The third kappa shape index (κ3) is 4.23. The molecule has 5 amide bonds. The smallest absolute Gasteiger partial charge is 0.325 e. The molecule has 1 aliphatic carbocycles. The summed E-state index contributed by atoms with van der Waals surface area (Å²) in [5.74, 6) is -0.287. The Hall–Kier alpha value is -2.90. The molecule has 2 saturated heterocycles. The Labute approximate surface area is 188 Å². The summed E-state index contributed by atoms with van der Waals surface area (Å²) in [6, 6.07) is 8.59. The van der Waals surface area contributed by atoms with E-state index in [4.69, 9.17) is 0 Å². The molecule has 4 rings (SSSR count). The SMILES string of the molecule is C[C@@H]1CC(C)(C)C[C@@]2(C1)NC(=O)N(CC(=O)N1CCN(C(=O)c3ccccc3)CC1)C2=O. The van der Waals surface area contributed by atoms with Crippen molar-refractivity contribution in [3.63, 3.8) is 0 Å². The van der Waals surface area contributed by atoms with Crippen molar-refractivity contribution in [3.05, 3.63) is 35.9 Å². The van der Waals surface area contributed by atoms with Gasteiger partial charge in [-0.15, -0.1) is 0 Å². The molecule has 32 heavy (non-hydrogen) atoms. The summed E-state index contributed by atoms with van der Waals surface area (Å²) < 4.78 is 0. The molecular weight excluding hydrogens is 408 g/mol. The zero-order valence-electron chi connectivity index (χ0n) is 19.1. The first-order valence-electron chi connectivity index (χ1n) is 11.4. The minimum absolute atomic E-state index is 0.0530. The first-order valence-corrected chi connectivity index (χ1v) is 11.4. The minimum atomic E-state index is -0.903. The molecular formula is C24H32N4O4. The number of carbonyl (C=O) groups excluding carboxylic acids is 4. The maximum Gasteiger partial charge on any atom is 0.325 e. The van der Waals surface area contributed by atoms with E-state index in [1.807, 2.05) is 18.2 Å².